The molecule has 0 saturated carbocycles. The summed E-state index contributed by atoms with van der Waals surface area (Å²) in [5.41, 5.74) is 6.60. The summed E-state index contributed by atoms with van der Waals surface area (Å²) in [6, 6.07) is 12.0. The first-order valence-corrected chi connectivity index (χ1v) is 8.00. The van der Waals surface area contributed by atoms with Crippen molar-refractivity contribution < 1.29 is 0 Å². The maximum Gasteiger partial charge on any atom is 0.159 e. The Morgan fingerprint density at radius 2 is 1.92 bits per heavy atom. The highest BCUT2D eigenvalue weighted by atomic mass is 15.1. The summed E-state index contributed by atoms with van der Waals surface area (Å²) in [5.74, 6) is 0.743. The van der Waals surface area contributed by atoms with Crippen LogP contribution in [0.1, 0.15) is 5.56 Å². The van der Waals surface area contributed by atoms with E-state index in [2.05, 4.69) is 37.1 Å². The Labute approximate surface area is 143 Å². The van der Waals surface area contributed by atoms with Crippen molar-refractivity contribution in [1.29, 1.82) is 0 Å². The van der Waals surface area contributed by atoms with Crippen LogP contribution in [0.2, 0.25) is 0 Å². The van der Waals surface area contributed by atoms with Gasteiger partial charge < -0.3 is 4.98 Å². The Kier molecular flexibility index (Phi) is 2.90. The zero-order chi connectivity index (χ0) is 16.8. The average molecular weight is 326 g/mol. The Balaban J connectivity index is 1.71. The highest BCUT2D eigenvalue weighted by Crippen LogP contribution is 2.29. The van der Waals surface area contributed by atoms with Crippen LogP contribution in [0.5, 0.6) is 0 Å². The molecule has 0 spiro atoms. The van der Waals surface area contributed by atoms with Crippen LogP contribution in [-0.2, 0) is 0 Å². The van der Waals surface area contributed by atoms with Crippen molar-refractivity contribution in [3.05, 3.63) is 60.6 Å². The van der Waals surface area contributed by atoms with E-state index >= 15 is 0 Å². The van der Waals surface area contributed by atoms with E-state index in [1.807, 2.05) is 42.6 Å². The predicted molar refractivity (Wildman–Crippen MR) is 96.9 cm³/mol. The summed E-state index contributed by atoms with van der Waals surface area (Å²) in [7, 11) is 0. The highest BCUT2D eigenvalue weighted by molar-refractivity contribution is 5.94. The fourth-order valence-electron chi connectivity index (χ4n) is 3.04. The first-order chi connectivity index (χ1) is 12.3. The summed E-state index contributed by atoms with van der Waals surface area (Å²) in [4.78, 5) is 16.8. The molecule has 0 atom stereocenters. The number of benzene rings is 1. The molecule has 4 heterocycles. The number of hydrogen-bond acceptors (Lipinski definition) is 4. The molecule has 120 valence electrons. The molecule has 4 aromatic heterocycles. The molecule has 5 aromatic rings. The first kappa shape index (κ1) is 13.9. The summed E-state index contributed by atoms with van der Waals surface area (Å²) >= 11 is 0. The number of fused-ring (bicyclic) bond motifs is 2. The number of nitrogens with one attached hydrogen (secondary N) is 2. The molecule has 6 nitrogen and oxygen atoms in total. The van der Waals surface area contributed by atoms with Crippen LogP contribution >= 0.6 is 0 Å². The zero-order valence-corrected chi connectivity index (χ0v) is 13.5. The van der Waals surface area contributed by atoms with Gasteiger partial charge in [-0.1, -0.05) is 12.1 Å². The van der Waals surface area contributed by atoms with Crippen LogP contribution in [0.4, 0.5) is 0 Å². The van der Waals surface area contributed by atoms with E-state index in [9.17, 15) is 0 Å². The van der Waals surface area contributed by atoms with Gasteiger partial charge in [-0.25, -0.2) is 4.98 Å². The quantitative estimate of drug-likeness (QED) is 0.516. The lowest BCUT2D eigenvalue weighted by molar-refractivity contribution is 1.10. The van der Waals surface area contributed by atoms with Crippen molar-refractivity contribution in [2.45, 2.75) is 6.92 Å². The number of para-hydroxylation sites is 2. The van der Waals surface area contributed by atoms with Gasteiger partial charge in [0.15, 0.2) is 5.82 Å². The lowest BCUT2D eigenvalue weighted by Crippen LogP contribution is -1.88. The second-order valence-corrected chi connectivity index (χ2v) is 5.98. The third kappa shape index (κ3) is 2.19. The molecule has 0 aliphatic rings. The summed E-state index contributed by atoms with van der Waals surface area (Å²) in [6.07, 6.45) is 5.43. The van der Waals surface area contributed by atoms with Crippen molar-refractivity contribution in [2.75, 3.05) is 0 Å². The first-order valence-electron chi connectivity index (χ1n) is 8.00. The molecule has 0 unspecified atom stereocenters. The number of nitrogens with zero attached hydrogens (tertiary/aromatic N) is 4. The fourth-order valence-corrected chi connectivity index (χ4v) is 3.04. The van der Waals surface area contributed by atoms with Gasteiger partial charge in [-0.15, -0.1) is 0 Å². The molecule has 0 amide bonds. The summed E-state index contributed by atoms with van der Waals surface area (Å²) in [6.45, 7) is 2.05. The second-order valence-electron chi connectivity index (χ2n) is 5.98. The van der Waals surface area contributed by atoms with Gasteiger partial charge in [0.05, 0.1) is 28.4 Å². The maximum atomic E-state index is 4.65. The lowest BCUT2D eigenvalue weighted by atomic mass is 10.1. The predicted octanol–water partition coefficient (Wildman–Crippen LogP) is 3.87. The van der Waals surface area contributed by atoms with Crippen molar-refractivity contribution in [1.82, 2.24) is 30.1 Å². The molecule has 0 saturated heterocycles. The van der Waals surface area contributed by atoms with Crippen molar-refractivity contribution in [3.63, 3.8) is 0 Å². The minimum absolute atomic E-state index is 0.743. The second kappa shape index (κ2) is 5.24. The van der Waals surface area contributed by atoms with Crippen molar-refractivity contribution in [3.8, 4) is 22.8 Å². The molecular formula is C19H14N6. The number of aromatic nitrogens is 6. The molecule has 2 N–H and O–H groups in total. The normalized spacial score (nSPS) is 11.4. The van der Waals surface area contributed by atoms with Gasteiger partial charge in [-0.05, 0) is 36.8 Å². The van der Waals surface area contributed by atoms with Crippen LogP contribution in [0, 0.1) is 6.92 Å². The van der Waals surface area contributed by atoms with Crippen LogP contribution in [0.3, 0.4) is 0 Å². The van der Waals surface area contributed by atoms with E-state index in [0.29, 0.717) is 0 Å². The van der Waals surface area contributed by atoms with Crippen LogP contribution in [0.25, 0.3) is 44.7 Å². The van der Waals surface area contributed by atoms with E-state index < -0.39 is 0 Å². The molecule has 6 heteroatoms. The highest BCUT2D eigenvalue weighted by Gasteiger charge is 2.14. The van der Waals surface area contributed by atoms with Gasteiger partial charge in [-0.3, -0.25) is 15.1 Å². The third-order valence-electron chi connectivity index (χ3n) is 4.38. The van der Waals surface area contributed by atoms with Crippen LogP contribution in [-0.4, -0.2) is 30.1 Å². The number of aryl methyl sites for hydroxylation is 1. The minimum Gasteiger partial charge on any atom is -0.337 e. The maximum absolute atomic E-state index is 4.65. The molecule has 0 bridgehead atoms. The summed E-state index contributed by atoms with van der Waals surface area (Å²) < 4.78 is 0. The molecule has 25 heavy (non-hydrogen) atoms. The molecule has 0 aliphatic heterocycles. The minimum atomic E-state index is 0.743. The van der Waals surface area contributed by atoms with E-state index in [-0.39, 0.29) is 0 Å². The van der Waals surface area contributed by atoms with Gasteiger partial charge in [0.1, 0.15) is 5.69 Å². The zero-order valence-electron chi connectivity index (χ0n) is 13.5. The molecule has 5 rings (SSSR count). The van der Waals surface area contributed by atoms with Crippen molar-refractivity contribution >= 4 is 21.9 Å². The number of imidazole rings is 1. The summed E-state index contributed by atoms with van der Waals surface area (Å²) in [5, 5.41) is 8.46. The number of hydrogen-bond donors (Lipinski definition) is 2. The number of rotatable bonds is 2. The third-order valence-corrected chi connectivity index (χ3v) is 4.38. The van der Waals surface area contributed by atoms with Gasteiger partial charge in [-0.2, -0.15) is 5.10 Å². The Morgan fingerprint density at radius 3 is 2.80 bits per heavy atom. The molecule has 0 fully saturated rings. The molecule has 0 aliphatic carbocycles. The van der Waals surface area contributed by atoms with Gasteiger partial charge in [0.25, 0.3) is 0 Å². The molecule has 1 aromatic carbocycles. The van der Waals surface area contributed by atoms with Gasteiger partial charge in [0.2, 0.25) is 0 Å². The average Bonchev–Trinajstić information content (AvgIpc) is 3.25. The topological polar surface area (TPSA) is 83.1 Å². The Morgan fingerprint density at radius 1 is 1.00 bits per heavy atom. The molecular weight excluding hydrogens is 312 g/mol. The smallest absolute Gasteiger partial charge is 0.159 e. The number of pyridine rings is 2. The molecule has 0 radical (unpaired) electrons. The number of H-pyrrole nitrogens is 2. The van der Waals surface area contributed by atoms with E-state index in [0.717, 1.165) is 50.3 Å². The fraction of sp³-hybridized carbons (Fsp3) is 0.0526. The van der Waals surface area contributed by atoms with Gasteiger partial charge >= 0.3 is 0 Å². The van der Waals surface area contributed by atoms with E-state index in [1.54, 1.807) is 12.4 Å². The SMILES string of the molecule is Cc1ccncc1-c1cc2c(-c3nc4ccccc4[nH]3)n[nH]c2cn1. The van der Waals surface area contributed by atoms with Crippen LogP contribution < -0.4 is 0 Å². The van der Waals surface area contributed by atoms with E-state index in [4.69, 9.17) is 0 Å². The van der Waals surface area contributed by atoms with E-state index in [1.165, 1.54) is 0 Å². The van der Waals surface area contributed by atoms with Crippen molar-refractivity contribution in [2.24, 2.45) is 0 Å². The Bertz CT molecular complexity index is 1180. The van der Waals surface area contributed by atoms with Gasteiger partial charge in [0, 0.05) is 23.3 Å². The number of aromatic amines is 2. The Hall–Kier alpha value is -3.54. The monoisotopic (exact) mass is 326 g/mol. The standard InChI is InChI=1S/C19H14N6/c1-11-6-7-20-9-13(11)16-8-12-17(10-21-16)24-25-18(12)19-22-14-4-2-3-5-15(14)23-19/h2-10H,1H3,(H,22,23)(H,24,25). The lowest BCUT2D eigenvalue weighted by Gasteiger charge is -2.04. The largest absolute Gasteiger partial charge is 0.337 e. The van der Waals surface area contributed by atoms with Crippen LogP contribution in [0.15, 0.2) is 55.0 Å².